The highest BCUT2D eigenvalue weighted by molar-refractivity contribution is 7.03. The van der Waals surface area contributed by atoms with Crippen LogP contribution in [0.2, 0.25) is 13.1 Å². The van der Waals surface area contributed by atoms with Gasteiger partial charge >= 0.3 is 0 Å². The van der Waals surface area contributed by atoms with Crippen LogP contribution < -0.4 is 10.4 Å². The summed E-state index contributed by atoms with van der Waals surface area (Å²) in [7, 11) is -1.61. The van der Waals surface area contributed by atoms with E-state index in [-0.39, 0.29) is 0 Å². The fourth-order valence-corrected chi connectivity index (χ4v) is 9.08. The molecule has 1 aromatic heterocycles. The van der Waals surface area contributed by atoms with E-state index >= 15 is 0 Å². The van der Waals surface area contributed by atoms with Gasteiger partial charge in [-0.1, -0.05) is 122 Å². The van der Waals surface area contributed by atoms with E-state index < -0.39 is 8.07 Å². The summed E-state index contributed by atoms with van der Waals surface area (Å²) in [6.45, 7) is 4.93. The number of fused-ring (bicyclic) bond motifs is 3. The van der Waals surface area contributed by atoms with E-state index in [0.29, 0.717) is 0 Å². The van der Waals surface area contributed by atoms with Crippen molar-refractivity contribution < 1.29 is 0 Å². The zero-order valence-corrected chi connectivity index (χ0v) is 23.2. The van der Waals surface area contributed by atoms with Crippen molar-refractivity contribution in [2.24, 2.45) is 0 Å². The summed E-state index contributed by atoms with van der Waals surface area (Å²) >= 11 is 0. The Balaban J connectivity index is 1.15. The number of aromatic nitrogens is 1. The van der Waals surface area contributed by atoms with Crippen LogP contribution in [-0.4, -0.2) is 13.1 Å². The molecule has 0 saturated carbocycles. The molecule has 39 heavy (non-hydrogen) atoms. The Morgan fingerprint density at radius 3 is 1.62 bits per heavy atom. The lowest BCUT2D eigenvalue weighted by atomic mass is 9.96. The highest BCUT2D eigenvalue weighted by Gasteiger charge is 2.37. The van der Waals surface area contributed by atoms with E-state index in [1.165, 1.54) is 44.5 Å². The maximum absolute atomic E-state index is 4.50. The molecule has 6 aromatic rings. The summed E-state index contributed by atoms with van der Waals surface area (Å²) in [4.78, 5) is 4.50. The van der Waals surface area contributed by atoms with Crippen molar-refractivity contribution in [1.82, 2.24) is 4.98 Å². The van der Waals surface area contributed by atoms with E-state index in [1.54, 1.807) is 10.4 Å². The van der Waals surface area contributed by atoms with Crippen molar-refractivity contribution in [2.45, 2.75) is 13.1 Å². The average Bonchev–Trinajstić information content (AvgIpc) is 3.24. The summed E-state index contributed by atoms with van der Waals surface area (Å²) in [5.41, 5.74) is 12.4. The molecule has 186 valence electrons. The molecule has 0 atom stereocenters. The van der Waals surface area contributed by atoms with Crippen LogP contribution in [0.4, 0.5) is 0 Å². The van der Waals surface area contributed by atoms with Crippen LogP contribution in [-0.2, 0) is 0 Å². The van der Waals surface area contributed by atoms with Crippen LogP contribution in [0.25, 0.3) is 55.8 Å². The van der Waals surface area contributed by atoms with Crippen molar-refractivity contribution >= 4 is 18.4 Å². The minimum Gasteiger partial charge on any atom is -0.256 e. The quantitative estimate of drug-likeness (QED) is 0.214. The van der Waals surface area contributed by atoms with E-state index in [2.05, 4.69) is 139 Å². The monoisotopic (exact) mass is 515 g/mol. The van der Waals surface area contributed by atoms with Crippen LogP contribution >= 0.6 is 0 Å². The van der Waals surface area contributed by atoms with E-state index in [1.807, 2.05) is 18.3 Å². The molecule has 1 aliphatic rings. The summed E-state index contributed by atoms with van der Waals surface area (Å²) in [5, 5.41) is 3.11. The first-order valence-electron chi connectivity index (χ1n) is 13.5. The minimum atomic E-state index is -1.61. The Morgan fingerprint density at radius 1 is 0.410 bits per heavy atom. The number of hydrogen-bond donors (Lipinski definition) is 0. The predicted molar refractivity (Wildman–Crippen MR) is 168 cm³/mol. The molecule has 7 rings (SSSR count). The van der Waals surface area contributed by atoms with Gasteiger partial charge in [-0.25, -0.2) is 0 Å². The van der Waals surface area contributed by atoms with Gasteiger partial charge in [0.1, 0.15) is 8.07 Å². The van der Waals surface area contributed by atoms with Crippen molar-refractivity contribution in [3.05, 3.63) is 140 Å². The molecule has 2 heterocycles. The van der Waals surface area contributed by atoms with Crippen LogP contribution in [0.1, 0.15) is 0 Å². The van der Waals surface area contributed by atoms with Gasteiger partial charge < -0.3 is 0 Å². The van der Waals surface area contributed by atoms with Crippen molar-refractivity contribution in [1.29, 1.82) is 0 Å². The lowest BCUT2D eigenvalue weighted by Crippen LogP contribution is -2.49. The van der Waals surface area contributed by atoms with Gasteiger partial charge in [-0.15, -0.1) is 0 Å². The predicted octanol–water partition coefficient (Wildman–Crippen LogP) is 8.55. The fraction of sp³-hybridized carbons (Fsp3) is 0.0541. The maximum Gasteiger partial charge on any atom is 0.113 e. The van der Waals surface area contributed by atoms with Gasteiger partial charge in [0.05, 0.1) is 5.69 Å². The molecule has 0 aliphatic carbocycles. The van der Waals surface area contributed by atoms with Crippen molar-refractivity contribution in [3.8, 4) is 55.8 Å². The molecule has 0 N–H and O–H groups in total. The molecule has 0 saturated heterocycles. The third-order valence-electron chi connectivity index (χ3n) is 8.18. The summed E-state index contributed by atoms with van der Waals surface area (Å²) in [6, 6.07) is 48.6. The fourth-order valence-electron chi connectivity index (χ4n) is 6.00. The zero-order valence-electron chi connectivity index (χ0n) is 22.2. The molecule has 0 unspecified atom stereocenters. The molecule has 5 aromatic carbocycles. The highest BCUT2D eigenvalue weighted by atomic mass is 28.3. The summed E-state index contributed by atoms with van der Waals surface area (Å²) in [5.74, 6) is 0. The lowest BCUT2D eigenvalue weighted by Gasteiger charge is -2.18. The normalized spacial score (nSPS) is 13.1. The van der Waals surface area contributed by atoms with Gasteiger partial charge in [0.25, 0.3) is 0 Å². The Kier molecular flexibility index (Phi) is 5.64. The smallest absolute Gasteiger partial charge is 0.113 e. The molecule has 1 aliphatic heterocycles. The largest absolute Gasteiger partial charge is 0.256 e. The first-order chi connectivity index (χ1) is 19.1. The van der Waals surface area contributed by atoms with Crippen LogP contribution in [0.5, 0.6) is 0 Å². The zero-order chi connectivity index (χ0) is 26.4. The SMILES string of the molecule is C[Si]1(C)c2ccccc2-c2cc(-c3ccc(-c4ccc(-c5cccc(-c6ccccn6)c5)cc4)cc3)ccc21. The first-order valence-corrected chi connectivity index (χ1v) is 16.5. The number of hydrogen-bond acceptors (Lipinski definition) is 1. The number of benzene rings is 5. The maximum atomic E-state index is 4.50. The third kappa shape index (κ3) is 4.14. The molecule has 1 nitrogen and oxygen atoms in total. The van der Waals surface area contributed by atoms with Gasteiger partial charge in [-0.3, -0.25) is 4.98 Å². The van der Waals surface area contributed by atoms with E-state index in [9.17, 15) is 0 Å². The Bertz CT molecular complexity index is 1800. The molecular formula is C37H29NSi. The highest BCUT2D eigenvalue weighted by Crippen LogP contribution is 2.33. The van der Waals surface area contributed by atoms with Gasteiger partial charge in [0, 0.05) is 11.8 Å². The second-order valence-electron chi connectivity index (χ2n) is 10.9. The lowest BCUT2D eigenvalue weighted by molar-refractivity contribution is 1.33. The number of pyridine rings is 1. The summed E-state index contributed by atoms with van der Waals surface area (Å²) in [6.07, 6.45) is 1.84. The molecule has 0 fully saturated rings. The molecule has 0 amide bonds. The minimum absolute atomic E-state index is 0.995. The van der Waals surface area contributed by atoms with Crippen LogP contribution in [0.15, 0.2) is 140 Å². The van der Waals surface area contributed by atoms with Gasteiger partial charge in [0.2, 0.25) is 0 Å². The third-order valence-corrected chi connectivity index (χ3v) is 11.7. The Morgan fingerprint density at radius 2 is 0.949 bits per heavy atom. The van der Waals surface area contributed by atoms with Crippen LogP contribution in [0, 0.1) is 0 Å². The summed E-state index contributed by atoms with van der Waals surface area (Å²) < 4.78 is 0. The second kappa shape index (κ2) is 9.34. The number of nitrogens with zero attached hydrogens (tertiary/aromatic N) is 1. The second-order valence-corrected chi connectivity index (χ2v) is 15.2. The molecular weight excluding hydrogens is 487 g/mol. The van der Waals surface area contributed by atoms with E-state index in [4.69, 9.17) is 0 Å². The van der Waals surface area contributed by atoms with Gasteiger partial charge in [-0.2, -0.15) is 0 Å². The molecule has 0 bridgehead atoms. The van der Waals surface area contributed by atoms with Crippen molar-refractivity contribution in [2.75, 3.05) is 0 Å². The van der Waals surface area contributed by atoms with Gasteiger partial charge in [0.15, 0.2) is 0 Å². The first kappa shape index (κ1) is 23.6. The Labute approximate surface area is 231 Å². The van der Waals surface area contributed by atoms with E-state index in [0.717, 1.165) is 11.3 Å². The average molecular weight is 516 g/mol. The van der Waals surface area contributed by atoms with Crippen LogP contribution in [0.3, 0.4) is 0 Å². The molecule has 0 radical (unpaired) electrons. The van der Waals surface area contributed by atoms with Gasteiger partial charge in [-0.05, 0) is 79.1 Å². The molecule has 0 spiro atoms. The number of rotatable bonds is 4. The standard InChI is InChI=1S/C37H29NSi/c1-39(2)36-12-4-3-10-33(36)34-25-31(21-22-37(34)39)29-19-15-27(16-20-29)26-13-17-28(18-14-26)30-8-7-9-32(24-30)35-11-5-6-23-38-35/h3-25H,1-2H3. The molecule has 2 heteroatoms. The Hall–Kier alpha value is -4.53. The topological polar surface area (TPSA) is 12.9 Å². The van der Waals surface area contributed by atoms with Crippen molar-refractivity contribution in [3.63, 3.8) is 0 Å².